The second-order valence-corrected chi connectivity index (χ2v) is 13.0. The Hall–Kier alpha value is -2.14. The Morgan fingerprint density at radius 2 is 1.36 bits per heavy atom. The van der Waals surface area contributed by atoms with Crippen molar-refractivity contribution in [2.45, 2.75) is 68.8 Å². The third-order valence-electron chi connectivity index (χ3n) is 7.00. The van der Waals surface area contributed by atoms with E-state index >= 15 is 0 Å². The lowest BCUT2D eigenvalue weighted by atomic mass is 9.86. The summed E-state index contributed by atoms with van der Waals surface area (Å²) in [6.07, 6.45) is 3.79. The average Bonchev–Trinajstić information content (AvgIpc) is 2.88. The van der Waals surface area contributed by atoms with Gasteiger partial charge in [-0.05, 0) is 60.7 Å². The van der Waals surface area contributed by atoms with E-state index in [2.05, 4.69) is 6.92 Å². The van der Waals surface area contributed by atoms with Crippen LogP contribution in [-0.2, 0) is 26.6 Å². The Balaban J connectivity index is 2.01. The van der Waals surface area contributed by atoms with E-state index in [4.69, 9.17) is 9.47 Å². The van der Waals surface area contributed by atoms with Gasteiger partial charge in [-0.2, -0.15) is 8.61 Å². The number of methoxy groups -OCH3 is 2. The van der Waals surface area contributed by atoms with Crippen molar-refractivity contribution in [1.29, 1.82) is 0 Å². The maximum absolute atomic E-state index is 14.0. The number of hydrogen-bond donors (Lipinski definition) is 0. The third kappa shape index (κ3) is 5.88. The molecule has 3 rings (SSSR count). The van der Waals surface area contributed by atoms with Gasteiger partial charge < -0.3 is 9.47 Å². The Kier molecular flexibility index (Phi) is 9.43. The molecule has 2 atom stereocenters. The van der Waals surface area contributed by atoms with Crippen LogP contribution in [0.5, 0.6) is 11.5 Å². The van der Waals surface area contributed by atoms with E-state index in [1.807, 2.05) is 6.07 Å². The molecule has 1 fully saturated rings. The van der Waals surface area contributed by atoms with Crippen LogP contribution >= 0.6 is 0 Å². The Bertz CT molecular complexity index is 1230. The van der Waals surface area contributed by atoms with E-state index < -0.39 is 20.0 Å². The minimum atomic E-state index is -3.91. The normalized spacial score (nSPS) is 19.0. The SMILES string of the molecule is CCN(CC)S(=O)(=O)c1ccc(S(=O)(=O)N(Cc2ccc(OC)c(OC)c2)[C@@H]2CCCC[C@H]2C)cc1. The highest BCUT2D eigenvalue weighted by Gasteiger charge is 2.36. The summed E-state index contributed by atoms with van der Waals surface area (Å²) in [5.74, 6) is 1.32. The van der Waals surface area contributed by atoms with Crippen molar-refractivity contribution in [3.63, 3.8) is 0 Å². The summed E-state index contributed by atoms with van der Waals surface area (Å²) in [5.41, 5.74) is 0.787. The number of benzene rings is 2. The average molecular weight is 539 g/mol. The third-order valence-corrected chi connectivity index (χ3v) is 10.9. The van der Waals surface area contributed by atoms with Crippen LogP contribution in [0.15, 0.2) is 52.3 Å². The maximum atomic E-state index is 14.0. The molecule has 0 aliphatic heterocycles. The summed E-state index contributed by atoms with van der Waals surface area (Å²) in [6.45, 7) is 6.52. The molecule has 8 nitrogen and oxygen atoms in total. The van der Waals surface area contributed by atoms with Gasteiger partial charge in [0.15, 0.2) is 11.5 Å². The van der Waals surface area contributed by atoms with Crippen molar-refractivity contribution in [2.75, 3.05) is 27.3 Å². The molecule has 200 valence electrons. The fourth-order valence-electron chi connectivity index (χ4n) is 4.90. The molecule has 0 N–H and O–H groups in total. The molecule has 1 aliphatic carbocycles. The van der Waals surface area contributed by atoms with Gasteiger partial charge in [-0.15, -0.1) is 0 Å². The number of nitrogens with zero attached hydrogens (tertiary/aromatic N) is 2. The van der Waals surface area contributed by atoms with Crippen LogP contribution in [0, 0.1) is 5.92 Å². The quantitative estimate of drug-likeness (QED) is 0.418. The number of rotatable bonds is 11. The summed E-state index contributed by atoms with van der Waals surface area (Å²) >= 11 is 0. The topological polar surface area (TPSA) is 93.2 Å². The number of sulfonamides is 2. The molecule has 36 heavy (non-hydrogen) atoms. The molecule has 0 spiro atoms. The zero-order valence-corrected chi connectivity index (χ0v) is 23.4. The smallest absolute Gasteiger partial charge is 0.243 e. The van der Waals surface area contributed by atoms with Gasteiger partial charge in [0.25, 0.3) is 0 Å². The first-order valence-electron chi connectivity index (χ1n) is 12.4. The highest BCUT2D eigenvalue weighted by atomic mass is 32.2. The lowest BCUT2D eigenvalue weighted by Gasteiger charge is -2.38. The van der Waals surface area contributed by atoms with Gasteiger partial charge in [-0.1, -0.05) is 39.7 Å². The number of ether oxygens (including phenoxy) is 2. The van der Waals surface area contributed by atoms with Crippen LogP contribution in [0.25, 0.3) is 0 Å². The van der Waals surface area contributed by atoms with E-state index in [1.54, 1.807) is 44.5 Å². The summed E-state index contributed by atoms with van der Waals surface area (Å²) < 4.78 is 67.4. The second kappa shape index (κ2) is 11.9. The molecule has 0 bridgehead atoms. The van der Waals surface area contributed by atoms with Gasteiger partial charge in [0.2, 0.25) is 20.0 Å². The molecule has 0 saturated heterocycles. The monoisotopic (exact) mass is 538 g/mol. The summed E-state index contributed by atoms with van der Waals surface area (Å²) in [5, 5.41) is 0. The highest BCUT2D eigenvalue weighted by molar-refractivity contribution is 7.89. The molecule has 0 heterocycles. The van der Waals surface area contributed by atoms with E-state index in [0.717, 1.165) is 31.2 Å². The van der Waals surface area contributed by atoms with Crippen LogP contribution in [0.4, 0.5) is 0 Å². The minimum absolute atomic E-state index is 0.0826. The molecule has 2 aromatic carbocycles. The first-order chi connectivity index (χ1) is 17.1. The number of hydrogen-bond acceptors (Lipinski definition) is 6. The fourth-order valence-corrected chi connectivity index (χ4v) is 8.09. The predicted octanol–water partition coefficient (Wildman–Crippen LogP) is 4.50. The van der Waals surface area contributed by atoms with Crippen LogP contribution in [0.2, 0.25) is 0 Å². The van der Waals surface area contributed by atoms with Crippen molar-refractivity contribution in [2.24, 2.45) is 5.92 Å². The maximum Gasteiger partial charge on any atom is 0.243 e. The second-order valence-electron chi connectivity index (χ2n) is 9.13. The Morgan fingerprint density at radius 1 is 0.806 bits per heavy atom. The predicted molar refractivity (Wildman–Crippen MR) is 140 cm³/mol. The van der Waals surface area contributed by atoms with Gasteiger partial charge in [0.1, 0.15) is 0 Å². The molecule has 10 heteroatoms. The van der Waals surface area contributed by atoms with E-state index in [9.17, 15) is 16.8 Å². The van der Waals surface area contributed by atoms with Crippen molar-refractivity contribution in [3.05, 3.63) is 48.0 Å². The standard InChI is InChI=1S/C26H38N2O6S2/c1-6-27(7-2)35(29,30)22-13-15-23(16-14-22)36(31,32)28(24-11-9-8-10-20(24)3)19-21-12-17-25(33-4)26(18-21)34-5/h12-18,20,24H,6-11,19H2,1-5H3/t20-,24-/m1/s1. The zero-order chi connectivity index (χ0) is 26.5. The summed E-state index contributed by atoms with van der Waals surface area (Å²) in [6, 6.07) is 10.8. The molecule has 1 saturated carbocycles. The Morgan fingerprint density at radius 3 is 1.89 bits per heavy atom. The van der Waals surface area contributed by atoms with Crippen molar-refractivity contribution >= 4 is 20.0 Å². The first-order valence-corrected chi connectivity index (χ1v) is 15.3. The lowest BCUT2D eigenvalue weighted by molar-refractivity contribution is 0.185. The molecule has 0 radical (unpaired) electrons. The van der Waals surface area contributed by atoms with Crippen LogP contribution in [0.3, 0.4) is 0 Å². The van der Waals surface area contributed by atoms with Crippen molar-refractivity contribution in [3.8, 4) is 11.5 Å². The van der Waals surface area contributed by atoms with Crippen molar-refractivity contribution in [1.82, 2.24) is 8.61 Å². The molecular formula is C26H38N2O6S2. The molecule has 1 aliphatic rings. The van der Waals surface area contributed by atoms with Gasteiger partial charge >= 0.3 is 0 Å². The first kappa shape index (κ1) is 28.4. The summed E-state index contributed by atoms with van der Waals surface area (Å²) in [4.78, 5) is 0.168. The summed E-state index contributed by atoms with van der Waals surface area (Å²) in [7, 11) is -4.48. The van der Waals surface area contributed by atoms with Crippen molar-refractivity contribution < 1.29 is 26.3 Å². The van der Waals surface area contributed by atoms with Gasteiger partial charge in [-0.3, -0.25) is 0 Å². The van der Waals surface area contributed by atoms with Gasteiger partial charge in [0.05, 0.1) is 24.0 Å². The zero-order valence-electron chi connectivity index (χ0n) is 21.8. The fraction of sp³-hybridized carbons (Fsp3) is 0.538. The van der Waals surface area contributed by atoms with Gasteiger partial charge in [0, 0.05) is 25.7 Å². The Labute approximate surface area is 216 Å². The molecular weight excluding hydrogens is 500 g/mol. The van der Waals surface area contributed by atoms with E-state index in [0.29, 0.717) is 24.6 Å². The highest BCUT2D eigenvalue weighted by Crippen LogP contribution is 2.35. The van der Waals surface area contributed by atoms with Crippen LogP contribution in [-0.4, -0.2) is 58.8 Å². The largest absolute Gasteiger partial charge is 0.493 e. The van der Waals surface area contributed by atoms with Crippen LogP contribution in [0.1, 0.15) is 52.0 Å². The van der Waals surface area contributed by atoms with E-state index in [-0.39, 0.29) is 28.3 Å². The van der Waals surface area contributed by atoms with Gasteiger partial charge in [-0.25, -0.2) is 16.8 Å². The molecule has 0 unspecified atom stereocenters. The lowest BCUT2D eigenvalue weighted by Crippen LogP contribution is -2.44. The molecule has 2 aromatic rings. The van der Waals surface area contributed by atoms with Crippen LogP contribution < -0.4 is 9.47 Å². The van der Waals surface area contributed by atoms with E-state index in [1.165, 1.54) is 28.6 Å². The molecule has 0 amide bonds. The molecule has 0 aromatic heterocycles. The minimum Gasteiger partial charge on any atom is -0.493 e.